The van der Waals surface area contributed by atoms with Crippen molar-refractivity contribution in [1.82, 2.24) is 4.98 Å². The molecule has 2 aromatic heterocycles. The molecule has 2 aromatic rings. The zero-order chi connectivity index (χ0) is 14.6. The van der Waals surface area contributed by atoms with Gasteiger partial charge in [0.25, 0.3) is 0 Å². The first-order valence-electron chi connectivity index (χ1n) is 5.72. The van der Waals surface area contributed by atoms with Gasteiger partial charge in [-0.25, -0.2) is 4.98 Å². The van der Waals surface area contributed by atoms with Gasteiger partial charge in [-0.2, -0.15) is 0 Å². The standard InChI is InChI=1S/C13H10F3NO3/c14-13(15,16)20-12-6-3-9(8-17-12)11-5-4-10(19-11)2-1-7-18/h3-8H,1-2H2. The summed E-state index contributed by atoms with van der Waals surface area (Å²) in [6.45, 7) is 0. The summed E-state index contributed by atoms with van der Waals surface area (Å²) in [6, 6.07) is 5.90. The molecule has 0 spiro atoms. The summed E-state index contributed by atoms with van der Waals surface area (Å²) in [4.78, 5) is 13.8. The molecule has 0 unspecified atom stereocenters. The number of aryl methyl sites for hydroxylation is 1. The van der Waals surface area contributed by atoms with E-state index in [1.54, 1.807) is 12.1 Å². The first-order chi connectivity index (χ1) is 9.48. The quantitative estimate of drug-likeness (QED) is 0.790. The summed E-state index contributed by atoms with van der Waals surface area (Å²) in [5.41, 5.74) is 0.525. The smallest absolute Gasteiger partial charge is 0.461 e. The maximum atomic E-state index is 12.0. The van der Waals surface area contributed by atoms with Crippen LogP contribution in [0.3, 0.4) is 0 Å². The minimum absolute atomic E-state index is 0.351. The molecule has 0 amide bonds. The van der Waals surface area contributed by atoms with Crippen LogP contribution < -0.4 is 4.74 Å². The van der Waals surface area contributed by atoms with E-state index in [2.05, 4.69) is 9.72 Å². The van der Waals surface area contributed by atoms with Crippen LogP contribution in [0.15, 0.2) is 34.9 Å². The average molecular weight is 285 g/mol. The van der Waals surface area contributed by atoms with Crippen LogP contribution in [0.5, 0.6) is 5.88 Å². The van der Waals surface area contributed by atoms with Gasteiger partial charge in [0.1, 0.15) is 17.8 Å². The molecule has 7 heteroatoms. The fourth-order valence-electron chi connectivity index (χ4n) is 1.57. The summed E-state index contributed by atoms with van der Waals surface area (Å²) >= 11 is 0. The Bertz CT molecular complexity index is 575. The minimum Gasteiger partial charge on any atom is -0.461 e. The number of aromatic nitrogens is 1. The first kappa shape index (κ1) is 14.1. The van der Waals surface area contributed by atoms with Gasteiger partial charge in [-0.15, -0.1) is 13.2 Å². The van der Waals surface area contributed by atoms with Gasteiger partial charge in [0.05, 0.1) is 0 Å². The Hall–Kier alpha value is -2.31. The van der Waals surface area contributed by atoms with E-state index in [-0.39, 0.29) is 0 Å². The van der Waals surface area contributed by atoms with Crippen molar-refractivity contribution in [1.29, 1.82) is 0 Å². The van der Waals surface area contributed by atoms with Crippen LogP contribution in [0.25, 0.3) is 11.3 Å². The number of furan rings is 1. The summed E-state index contributed by atoms with van der Waals surface area (Å²) in [5, 5.41) is 0. The van der Waals surface area contributed by atoms with Gasteiger partial charge in [0.15, 0.2) is 0 Å². The largest absolute Gasteiger partial charge is 0.574 e. The predicted molar refractivity (Wildman–Crippen MR) is 63.0 cm³/mol. The molecule has 2 heterocycles. The molecular formula is C13H10F3NO3. The Morgan fingerprint density at radius 1 is 1.25 bits per heavy atom. The van der Waals surface area contributed by atoms with Crippen molar-refractivity contribution in [3.63, 3.8) is 0 Å². The van der Waals surface area contributed by atoms with Crippen molar-refractivity contribution in [3.8, 4) is 17.2 Å². The molecule has 0 radical (unpaired) electrons. The van der Waals surface area contributed by atoms with Crippen molar-refractivity contribution in [2.45, 2.75) is 19.2 Å². The zero-order valence-electron chi connectivity index (χ0n) is 10.2. The second kappa shape index (κ2) is 5.77. The molecule has 0 N–H and O–H groups in total. The van der Waals surface area contributed by atoms with Crippen LogP contribution in [0.4, 0.5) is 13.2 Å². The number of rotatable bonds is 5. The monoisotopic (exact) mass is 285 g/mol. The molecule has 0 aromatic carbocycles. The normalized spacial score (nSPS) is 11.3. The maximum absolute atomic E-state index is 12.0. The number of hydrogen-bond acceptors (Lipinski definition) is 4. The molecule has 0 bridgehead atoms. The second-order valence-electron chi connectivity index (χ2n) is 3.90. The fourth-order valence-corrected chi connectivity index (χ4v) is 1.57. The Kier molecular flexibility index (Phi) is 4.07. The first-order valence-corrected chi connectivity index (χ1v) is 5.72. The van der Waals surface area contributed by atoms with E-state index in [4.69, 9.17) is 4.42 Å². The van der Waals surface area contributed by atoms with Crippen LogP contribution in [0.1, 0.15) is 12.2 Å². The minimum atomic E-state index is -4.76. The topological polar surface area (TPSA) is 52.3 Å². The number of aldehydes is 1. The van der Waals surface area contributed by atoms with Gasteiger partial charge in [-0.1, -0.05) is 0 Å². The number of hydrogen-bond donors (Lipinski definition) is 0. The average Bonchev–Trinajstić information content (AvgIpc) is 2.84. The molecule has 0 aliphatic carbocycles. The number of carbonyl (C=O) groups excluding carboxylic acids is 1. The predicted octanol–water partition coefficient (Wildman–Crippen LogP) is 3.37. The number of pyridine rings is 1. The fraction of sp³-hybridized carbons (Fsp3) is 0.231. The van der Waals surface area contributed by atoms with E-state index >= 15 is 0 Å². The molecule has 0 atom stereocenters. The van der Waals surface area contributed by atoms with E-state index < -0.39 is 12.2 Å². The lowest BCUT2D eigenvalue weighted by molar-refractivity contribution is -0.276. The third-order valence-corrected chi connectivity index (χ3v) is 2.41. The van der Waals surface area contributed by atoms with Crippen LogP contribution in [0, 0.1) is 0 Å². The van der Waals surface area contributed by atoms with Crippen LogP contribution >= 0.6 is 0 Å². The highest BCUT2D eigenvalue weighted by atomic mass is 19.4. The van der Waals surface area contributed by atoms with Gasteiger partial charge in [0.2, 0.25) is 5.88 Å². The summed E-state index contributed by atoms with van der Waals surface area (Å²) in [6.07, 6.45) is -1.92. The maximum Gasteiger partial charge on any atom is 0.574 e. The molecule has 0 saturated carbocycles. The lowest BCUT2D eigenvalue weighted by Gasteiger charge is -2.07. The number of carbonyl (C=O) groups is 1. The highest BCUT2D eigenvalue weighted by molar-refractivity contribution is 5.57. The van der Waals surface area contributed by atoms with Crippen LogP contribution in [-0.2, 0) is 11.2 Å². The molecule has 20 heavy (non-hydrogen) atoms. The van der Waals surface area contributed by atoms with E-state index in [1.807, 2.05) is 0 Å². The second-order valence-corrected chi connectivity index (χ2v) is 3.90. The Labute approximate surface area is 112 Å². The van der Waals surface area contributed by atoms with Crippen LogP contribution in [0.2, 0.25) is 0 Å². The van der Waals surface area contributed by atoms with E-state index in [1.165, 1.54) is 12.3 Å². The van der Waals surface area contributed by atoms with Crippen molar-refractivity contribution in [2.75, 3.05) is 0 Å². The highest BCUT2D eigenvalue weighted by Crippen LogP contribution is 2.25. The van der Waals surface area contributed by atoms with Crippen LogP contribution in [-0.4, -0.2) is 17.6 Å². The van der Waals surface area contributed by atoms with Gasteiger partial charge < -0.3 is 13.9 Å². The summed E-state index contributed by atoms with van der Waals surface area (Å²) < 4.78 is 45.1. The highest BCUT2D eigenvalue weighted by Gasteiger charge is 2.31. The number of ether oxygens (including phenoxy) is 1. The molecular weight excluding hydrogens is 275 g/mol. The Morgan fingerprint density at radius 2 is 2.05 bits per heavy atom. The van der Waals surface area contributed by atoms with Crippen molar-refractivity contribution in [3.05, 3.63) is 36.2 Å². The zero-order valence-corrected chi connectivity index (χ0v) is 10.2. The number of halogens is 3. The molecule has 2 rings (SSSR count). The molecule has 0 aliphatic heterocycles. The lowest BCUT2D eigenvalue weighted by atomic mass is 10.2. The lowest BCUT2D eigenvalue weighted by Crippen LogP contribution is -2.17. The van der Waals surface area contributed by atoms with Gasteiger partial charge >= 0.3 is 6.36 Å². The molecule has 0 saturated heterocycles. The molecule has 0 fully saturated rings. The molecule has 106 valence electrons. The Balaban J connectivity index is 2.09. The SMILES string of the molecule is O=CCCc1ccc(-c2ccc(OC(F)(F)F)nc2)o1. The van der Waals surface area contributed by atoms with Gasteiger partial charge in [-0.05, 0) is 18.2 Å². The Morgan fingerprint density at radius 3 is 2.65 bits per heavy atom. The molecule has 4 nitrogen and oxygen atoms in total. The summed E-state index contributed by atoms with van der Waals surface area (Å²) in [7, 11) is 0. The third kappa shape index (κ3) is 3.84. The third-order valence-electron chi connectivity index (χ3n) is 2.41. The van der Waals surface area contributed by atoms with E-state index in [0.717, 1.165) is 12.4 Å². The summed E-state index contributed by atoms with van der Waals surface area (Å²) in [5.74, 6) is 0.564. The number of nitrogens with zero attached hydrogens (tertiary/aromatic N) is 1. The molecule has 0 aliphatic rings. The number of alkyl halides is 3. The van der Waals surface area contributed by atoms with Crippen molar-refractivity contribution >= 4 is 6.29 Å². The van der Waals surface area contributed by atoms with Gasteiger partial charge in [0, 0.05) is 30.7 Å². The van der Waals surface area contributed by atoms with Gasteiger partial charge in [-0.3, -0.25) is 0 Å². The van der Waals surface area contributed by atoms with Crippen molar-refractivity contribution in [2.24, 2.45) is 0 Å². The van der Waals surface area contributed by atoms with E-state index in [0.29, 0.717) is 29.9 Å². The van der Waals surface area contributed by atoms with E-state index in [9.17, 15) is 18.0 Å². The van der Waals surface area contributed by atoms with Crippen molar-refractivity contribution < 1.29 is 27.1 Å².